The van der Waals surface area contributed by atoms with Gasteiger partial charge in [0.15, 0.2) is 0 Å². The molecular formula is C28H44F2O2. The first-order chi connectivity index (χ1) is 15.0. The zero-order chi connectivity index (χ0) is 22.8. The van der Waals surface area contributed by atoms with Crippen LogP contribution in [0, 0.1) is 34.5 Å². The Morgan fingerprint density at radius 2 is 1.69 bits per heavy atom. The second kappa shape index (κ2) is 8.04. The van der Waals surface area contributed by atoms with Gasteiger partial charge in [0.1, 0.15) is 0 Å². The minimum Gasteiger partial charge on any atom is -0.393 e. The largest absolute Gasteiger partial charge is 0.393 e. The molecule has 7 atom stereocenters. The molecule has 4 heteroatoms. The highest BCUT2D eigenvalue weighted by molar-refractivity contribution is 5.25. The first-order valence-electron chi connectivity index (χ1n) is 13.5. The molecular weight excluding hydrogens is 406 g/mol. The maximum absolute atomic E-state index is 13.5. The predicted octanol–water partition coefficient (Wildman–Crippen LogP) is 7.04. The first-order valence-corrected chi connectivity index (χ1v) is 13.5. The molecule has 0 heterocycles. The summed E-state index contributed by atoms with van der Waals surface area (Å²) in [6.45, 7) is 5.04. The summed E-state index contributed by atoms with van der Waals surface area (Å²) in [4.78, 5) is 0. The maximum Gasteiger partial charge on any atom is 0.248 e. The van der Waals surface area contributed by atoms with Crippen molar-refractivity contribution in [1.29, 1.82) is 0 Å². The first kappa shape index (κ1) is 23.3. The van der Waals surface area contributed by atoms with Gasteiger partial charge in [-0.3, -0.25) is 0 Å². The highest BCUT2D eigenvalue weighted by Crippen LogP contribution is 2.66. The fourth-order valence-corrected chi connectivity index (χ4v) is 9.23. The van der Waals surface area contributed by atoms with Crippen molar-refractivity contribution in [3.05, 3.63) is 11.6 Å². The van der Waals surface area contributed by atoms with E-state index in [4.69, 9.17) is 0 Å². The van der Waals surface area contributed by atoms with Crippen LogP contribution < -0.4 is 0 Å². The molecule has 0 aromatic rings. The van der Waals surface area contributed by atoms with Gasteiger partial charge in [-0.1, -0.05) is 31.9 Å². The fourth-order valence-electron chi connectivity index (χ4n) is 9.23. The molecule has 0 aromatic carbocycles. The normalized spacial score (nSPS) is 47.2. The Balaban J connectivity index is 1.22. The maximum atomic E-state index is 13.5. The number of aliphatic hydroxyl groups excluding tert-OH is 1. The minimum absolute atomic E-state index is 0.138. The molecule has 4 saturated carbocycles. The third-order valence-electron chi connectivity index (χ3n) is 11.4. The Labute approximate surface area is 193 Å². The van der Waals surface area contributed by atoms with Crippen LogP contribution in [-0.4, -0.2) is 27.8 Å². The molecule has 2 N–H and O–H groups in total. The van der Waals surface area contributed by atoms with E-state index in [2.05, 4.69) is 19.9 Å². The van der Waals surface area contributed by atoms with E-state index in [0.717, 1.165) is 49.9 Å². The summed E-state index contributed by atoms with van der Waals surface area (Å²) in [5.41, 5.74) is 1.39. The number of alkyl halides is 2. The van der Waals surface area contributed by atoms with Gasteiger partial charge in [0.05, 0.1) is 11.7 Å². The predicted molar refractivity (Wildman–Crippen MR) is 123 cm³/mol. The van der Waals surface area contributed by atoms with Crippen molar-refractivity contribution in [2.75, 3.05) is 0 Å². The lowest BCUT2D eigenvalue weighted by Gasteiger charge is -2.58. The number of hydrogen-bond donors (Lipinski definition) is 2. The fraction of sp³-hybridized carbons (Fsp3) is 0.929. The smallest absolute Gasteiger partial charge is 0.248 e. The number of hydrogen-bond acceptors (Lipinski definition) is 2. The summed E-state index contributed by atoms with van der Waals surface area (Å²) < 4.78 is 27.0. The van der Waals surface area contributed by atoms with Crippen molar-refractivity contribution in [3.63, 3.8) is 0 Å². The van der Waals surface area contributed by atoms with Crippen molar-refractivity contribution in [2.24, 2.45) is 34.5 Å². The van der Waals surface area contributed by atoms with Gasteiger partial charge < -0.3 is 10.2 Å². The summed E-state index contributed by atoms with van der Waals surface area (Å²) in [7, 11) is 0. The van der Waals surface area contributed by atoms with Crippen LogP contribution >= 0.6 is 0 Å². The van der Waals surface area contributed by atoms with Crippen molar-refractivity contribution in [3.8, 4) is 0 Å². The van der Waals surface area contributed by atoms with E-state index in [9.17, 15) is 19.0 Å². The van der Waals surface area contributed by atoms with Crippen LogP contribution in [0.4, 0.5) is 8.78 Å². The number of fused-ring (bicyclic) bond motifs is 5. The lowest BCUT2D eigenvalue weighted by atomic mass is 9.47. The summed E-state index contributed by atoms with van der Waals surface area (Å²) >= 11 is 0. The zero-order valence-electron chi connectivity index (χ0n) is 20.2. The van der Waals surface area contributed by atoms with Crippen LogP contribution in [0.15, 0.2) is 11.6 Å². The molecule has 0 radical (unpaired) electrons. The van der Waals surface area contributed by atoms with Gasteiger partial charge in [-0.05, 0) is 112 Å². The van der Waals surface area contributed by atoms with Crippen molar-refractivity contribution < 1.29 is 19.0 Å². The Bertz CT molecular complexity index is 738. The summed E-state index contributed by atoms with van der Waals surface area (Å²) in [6, 6.07) is 0. The molecule has 5 rings (SSSR count). The van der Waals surface area contributed by atoms with Gasteiger partial charge >= 0.3 is 0 Å². The second-order valence-corrected chi connectivity index (χ2v) is 12.9. The SMILES string of the molecule is CC12CCC(O)CC1=CCC1C2CCC2(C)C(CCCC3(O)CCC(F)(F)CC3)CCC12. The Hall–Kier alpha value is -0.480. The van der Waals surface area contributed by atoms with Gasteiger partial charge in [-0.25, -0.2) is 8.78 Å². The monoisotopic (exact) mass is 450 g/mol. The van der Waals surface area contributed by atoms with E-state index < -0.39 is 11.5 Å². The summed E-state index contributed by atoms with van der Waals surface area (Å²) in [5.74, 6) is 0.500. The highest BCUT2D eigenvalue weighted by atomic mass is 19.3. The van der Waals surface area contributed by atoms with Crippen LogP contribution in [0.2, 0.25) is 0 Å². The Morgan fingerprint density at radius 1 is 0.938 bits per heavy atom. The van der Waals surface area contributed by atoms with Crippen LogP contribution in [-0.2, 0) is 0 Å². The molecule has 0 bridgehead atoms. The van der Waals surface area contributed by atoms with Crippen LogP contribution in [0.1, 0.15) is 110 Å². The van der Waals surface area contributed by atoms with E-state index in [0.29, 0.717) is 23.2 Å². The van der Waals surface area contributed by atoms with Crippen LogP contribution in [0.3, 0.4) is 0 Å². The Kier molecular flexibility index (Phi) is 5.85. The van der Waals surface area contributed by atoms with Crippen LogP contribution in [0.25, 0.3) is 0 Å². The number of aliphatic hydroxyl groups is 2. The van der Waals surface area contributed by atoms with E-state index in [-0.39, 0.29) is 31.8 Å². The molecule has 0 amide bonds. The molecule has 0 saturated heterocycles. The van der Waals surface area contributed by atoms with Gasteiger partial charge in [0, 0.05) is 12.8 Å². The van der Waals surface area contributed by atoms with Crippen molar-refractivity contribution >= 4 is 0 Å². The Morgan fingerprint density at radius 3 is 2.44 bits per heavy atom. The third-order valence-corrected chi connectivity index (χ3v) is 11.4. The molecule has 7 unspecified atom stereocenters. The van der Waals surface area contributed by atoms with Crippen molar-refractivity contribution in [1.82, 2.24) is 0 Å². The summed E-state index contributed by atoms with van der Waals surface area (Å²) in [5, 5.41) is 21.0. The molecule has 182 valence electrons. The summed E-state index contributed by atoms with van der Waals surface area (Å²) in [6.07, 6.45) is 14.8. The van der Waals surface area contributed by atoms with E-state index in [1.54, 1.807) is 5.57 Å². The topological polar surface area (TPSA) is 40.5 Å². The molecule has 0 aliphatic heterocycles. The lowest BCUT2D eigenvalue weighted by Crippen LogP contribution is -2.50. The number of allylic oxidation sites excluding steroid dienone is 1. The van der Waals surface area contributed by atoms with Gasteiger partial charge in [0.25, 0.3) is 0 Å². The molecule has 0 spiro atoms. The van der Waals surface area contributed by atoms with Gasteiger partial charge in [-0.15, -0.1) is 0 Å². The molecule has 0 aromatic heterocycles. The minimum atomic E-state index is -2.57. The van der Waals surface area contributed by atoms with Gasteiger partial charge in [-0.2, -0.15) is 0 Å². The van der Waals surface area contributed by atoms with E-state index >= 15 is 0 Å². The molecule has 5 aliphatic carbocycles. The molecule has 4 fully saturated rings. The quantitative estimate of drug-likeness (QED) is 0.451. The number of rotatable bonds is 4. The second-order valence-electron chi connectivity index (χ2n) is 12.9. The zero-order valence-corrected chi connectivity index (χ0v) is 20.2. The highest BCUT2D eigenvalue weighted by Gasteiger charge is 2.58. The average molecular weight is 451 g/mol. The molecule has 5 aliphatic rings. The third kappa shape index (κ3) is 3.89. The number of halogens is 2. The van der Waals surface area contributed by atoms with Crippen LogP contribution in [0.5, 0.6) is 0 Å². The molecule has 2 nitrogen and oxygen atoms in total. The standard InChI is InChI=1S/C28H44F2O2/c1-25-13-10-24-22(7-5-20-18-21(31)9-12-26(20,24)2)23(25)8-6-19(25)4-3-11-27(32)14-16-28(29,30)17-15-27/h5,19,21-24,31-32H,3-4,6-18H2,1-2H3. The van der Waals surface area contributed by atoms with Gasteiger partial charge in [0.2, 0.25) is 5.92 Å². The molecule has 32 heavy (non-hydrogen) atoms. The van der Waals surface area contributed by atoms with Crippen molar-refractivity contribution in [2.45, 2.75) is 128 Å². The van der Waals surface area contributed by atoms with E-state index in [1.807, 2.05) is 0 Å². The lowest BCUT2D eigenvalue weighted by molar-refractivity contribution is -0.107. The average Bonchev–Trinajstić information content (AvgIpc) is 3.08. The van der Waals surface area contributed by atoms with E-state index in [1.165, 1.54) is 32.1 Å².